The SMILES string of the molecule is CC(=O)ON1C(=O)CCC1=O.CNC(=O)CN(CCNC(=O)OC(C)(C)C)C(=O)OCC1c2ccccc2-c2ccccc21.CNC(=O)CNCCNC(=O)OC(C)(C)C.CNC(=O)CNCCNC(=O)OC(C)(C)C.O=C1OC2(c3ccc(O)cc3Oc3cc(O)ccc32)c2ccccc21. The Balaban J connectivity index is 0.000000240. The maximum atomic E-state index is 12.9. The maximum absolute atomic E-state index is 12.9. The van der Waals surface area contributed by atoms with Crippen molar-refractivity contribution in [1.82, 2.24) is 52.5 Å². The number of hydrogen-bond acceptors (Lipinski definition) is 22. The molecule has 101 heavy (non-hydrogen) atoms. The number of fused-ring (bicyclic) bond motifs is 9. The summed E-state index contributed by atoms with van der Waals surface area (Å²) in [5.74, 6) is -1.74. The maximum Gasteiger partial charge on any atom is 0.410 e. The third-order valence-electron chi connectivity index (χ3n) is 14.2. The van der Waals surface area contributed by atoms with Crippen LogP contribution in [0, 0.1) is 0 Å². The fraction of sp³-hybridized carbons (Fsp3) is 0.423. The van der Waals surface area contributed by atoms with E-state index in [1.165, 1.54) is 36.2 Å². The van der Waals surface area contributed by atoms with Gasteiger partial charge in [-0.1, -0.05) is 66.7 Å². The zero-order valence-corrected chi connectivity index (χ0v) is 59.1. The number of carbonyl (C=O) groups is 11. The summed E-state index contributed by atoms with van der Waals surface area (Å²) in [5.41, 5.74) is 4.17. The fourth-order valence-corrected chi connectivity index (χ4v) is 9.93. The zero-order chi connectivity index (χ0) is 74.8. The quantitative estimate of drug-likeness (QED) is 0.0194. The lowest BCUT2D eigenvalue weighted by Crippen LogP contribution is -2.44. The number of amides is 9. The van der Waals surface area contributed by atoms with E-state index in [0.717, 1.165) is 29.2 Å². The van der Waals surface area contributed by atoms with E-state index in [-0.39, 0.29) is 87.3 Å². The van der Waals surface area contributed by atoms with Gasteiger partial charge in [0.15, 0.2) is 5.60 Å². The van der Waals surface area contributed by atoms with Crippen molar-refractivity contribution in [3.8, 4) is 34.1 Å². The molecule has 1 aliphatic carbocycles. The molecule has 1 saturated heterocycles. The van der Waals surface area contributed by atoms with Crippen molar-refractivity contribution in [3.05, 3.63) is 143 Å². The molecule has 1 spiro atoms. The predicted molar refractivity (Wildman–Crippen MR) is 368 cm³/mol. The molecular weight excluding hydrogens is 1310 g/mol. The summed E-state index contributed by atoms with van der Waals surface area (Å²) in [6.07, 6.45) is -1.84. The average Bonchev–Trinajstić information content (AvgIpc) is 1.62. The third-order valence-corrected chi connectivity index (χ3v) is 14.2. The number of carbonyl (C=O) groups excluding carboxylic acids is 11. The molecule has 0 aromatic heterocycles. The Hall–Kier alpha value is -11.0. The minimum atomic E-state index is -1.17. The van der Waals surface area contributed by atoms with Gasteiger partial charge in [0.05, 0.1) is 18.7 Å². The Morgan fingerprint density at radius 2 is 0.960 bits per heavy atom. The number of hydrogen-bond donors (Lipinski definition) is 10. The van der Waals surface area contributed by atoms with Crippen LogP contribution in [0.5, 0.6) is 23.0 Å². The molecule has 4 aliphatic rings. The topological polar surface area (TPSA) is 396 Å². The highest BCUT2D eigenvalue weighted by molar-refractivity contribution is 6.01. The molecule has 1 fully saturated rings. The minimum absolute atomic E-state index is 0.0371. The zero-order valence-electron chi connectivity index (χ0n) is 59.1. The molecular formula is C71H92N10O20. The standard InChI is InChI=1S/C25H31N3O5.C20H12O5.2C10H21N3O3.C6H7NO4/c1-25(2,3)33-23(30)27-13-14-28(15-22(29)26-4)24(31)32-16-21-19-11-7-5-9-17(19)18-10-6-8-12-20(18)21;21-11-5-7-15-17(9-11)24-18-10-12(22)6-8-16(18)20(15)14-4-2-1-3-13(14)19(23)25-20;2*1-10(2,3)16-9(15)13-6-5-12-7-8(14)11-4;1-4(8)11-7-5(9)2-3-6(7)10/h5-12,21H,13-16H2,1-4H3,(H,26,29)(H,27,30);1-10,21-22H;2*12H,5-7H2,1-4H3,(H,11,14)(H,13,15);2-3H2,1H3. The Labute approximate surface area is 586 Å². The molecule has 3 aliphatic heterocycles. The first-order valence-electron chi connectivity index (χ1n) is 32.4. The first-order chi connectivity index (χ1) is 47.6. The molecule has 0 atom stereocenters. The van der Waals surface area contributed by atoms with Crippen LogP contribution in [0.15, 0.2) is 109 Å². The molecule has 30 heteroatoms. The lowest BCUT2D eigenvalue weighted by Gasteiger charge is -2.36. The van der Waals surface area contributed by atoms with E-state index >= 15 is 0 Å². The van der Waals surface area contributed by atoms with E-state index in [0.29, 0.717) is 65.0 Å². The van der Waals surface area contributed by atoms with Crippen molar-refractivity contribution in [2.24, 2.45) is 0 Å². The van der Waals surface area contributed by atoms with Crippen molar-refractivity contribution in [2.45, 2.75) is 110 Å². The fourth-order valence-electron chi connectivity index (χ4n) is 9.93. The number of nitrogens with one attached hydrogen (secondary N) is 8. The first kappa shape index (κ1) is 80.7. The van der Waals surface area contributed by atoms with Crippen LogP contribution in [-0.2, 0) is 62.9 Å². The van der Waals surface area contributed by atoms with Crippen LogP contribution in [0.4, 0.5) is 19.2 Å². The normalized spacial score (nSPS) is 13.2. The van der Waals surface area contributed by atoms with Gasteiger partial charge in [0.25, 0.3) is 11.8 Å². The molecule has 3 heterocycles. The van der Waals surface area contributed by atoms with Crippen molar-refractivity contribution in [3.63, 3.8) is 0 Å². The van der Waals surface area contributed by atoms with Crippen molar-refractivity contribution < 1.29 is 96.2 Å². The number of imide groups is 1. The van der Waals surface area contributed by atoms with Crippen LogP contribution in [0.3, 0.4) is 0 Å². The summed E-state index contributed by atoms with van der Waals surface area (Å²) in [6.45, 7) is 19.8. The Morgan fingerprint density at radius 1 is 0.545 bits per heavy atom. The van der Waals surface area contributed by atoms with E-state index in [1.807, 2.05) is 48.5 Å². The molecule has 0 radical (unpaired) electrons. The van der Waals surface area contributed by atoms with Crippen molar-refractivity contribution in [2.75, 3.05) is 86.7 Å². The van der Waals surface area contributed by atoms with Gasteiger partial charge in [-0.25, -0.2) is 28.8 Å². The molecule has 9 rings (SSSR count). The molecule has 546 valence electrons. The summed E-state index contributed by atoms with van der Waals surface area (Å²) in [6, 6.07) is 32.7. The van der Waals surface area contributed by atoms with Gasteiger partial charge in [-0.2, -0.15) is 0 Å². The molecule has 30 nitrogen and oxygen atoms in total. The first-order valence-corrected chi connectivity index (χ1v) is 32.4. The molecule has 9 amide bonds. The summed E-state index contributed by atoms with van der Waals surface area (Å²) in [7, 11) is 4.64. The van der Waals surface area contributed by atoms with Gasteiger partial charge < -0.3 is 86.0 Å². The summed E-state index contributed by atoms with van der Waals surface area (Å²) in [4.78, 5) is 131. The van der Waals surface area contributed by atoms with Crippen molar-refractivity contribution in [1.29, 1.82) is 0 Å². The summed E-state index contributed by atoms with van der Waals surface area (Å²) >= 11 is 0. The highest BCUT2D eigenvalue weighted by Gasteiger charge is 2.53. The number of hydroxylamine groups is 2. The van der Waals surface area contributed by atoms with E-state index < -0.39 is 70.5 Å². The number of esters is 1. The predicted octanol–water partition coefficient (Wildman–Crippen LogP) is 6.48. The average molecular weight is 1410 g/mol. The molecule has 0 saturated carbocycles. The lowest BCUT2D eigenvalue weighted by atomic mass is 9.77. The molecule has 5 aromatic rings. The number of phenolic OH excluding ortho intramolecular Hbond substituents is 2. The second kappa shape index (κ2) is 37.3. The monoisotopic (exact) mass is 1400 g/mol. The van der Waals surface area contributed by atoms with Gasteiger partial charge in [-0.15, -0.1) is 5.06 Å². The van der Waals surface area contributed by atoms with Crippen LogP contribution in [-0.4, -0.2) is 189 Å². The van der Waals surface area contributed by atoms with Gasteiger partial charge in [0.1, 0.15) is 53.0 Å². The third kappa shape index (κ3) is 25.0. The lowest BCUT2D eigenvalue weighted by molar-refractivity contribution is -0.195. The van der Waals surface area contributed by atoms with E-state index in [4.69, 9.17) is 28.4 Å². The van der Waals surface area contributed by atoms with Crippen LogP contribution in [0.25, 0.3) is 11.1 Å². The van der Waals surface area contributed by atoms with Crippen LogP contribution in [0.2, 0.25) is 0 Å². The minimum Gasteiger partial charge on any atom is -0.508 e. The van der Waals surface area contributed by atoms with Gasteiger partial charge in [0, 0.05) is 115 Å². The van der Waals surface area contributed by atoms with Gasteiger partial charge in [-0.3, -0.25) is 28.9 Å². The number of rotatable bonds is 18. The molecule has 5 aromatic carbocycles. The van der Waals surface area contributed by atoms with Gasteiger partial charge in [-0.05, 0) is 115 Å². The Bertz CT molecular complexity index is 3600. The van der Waals surface area contributed by atoms with Crippen LogP contribution < -0.4 is 47.3 Å². The summed E-state index contributed by atoms with van der Waals surface area (Å²) < 4.78 is 32.7. The highest BCUT2D eigenvalue weighted by atomic mass is 16.7. The molecule has 0 bridgehead atoms. The number of aromatic hydroxyl groups is 2. The van der Waals surface area contributed by atoms with Crippen LogP contribution in [0.1, 0.15) is 126 Å². The van der Waals surface area contributed by atoms with Crippen molar-refractivity contribution >= 4 is 65.8 Å². The van der Waals surface area contributed by atoms with Gasteiger partial charge in [0.2, 0.25) is 17.7 Å². The smallest absolute Gasteiger partial charge is 0.410 e. The van der Waals surface area contributed by atoms with E-state index in [9.17, 15) is 63.0 Å². The summed E-state index contributed by atoms with van der Waals surface area (Å²) in [5, 5.41) is 41.1. The number of ether oxygens (including phenoxy) is 6. The number of nitrogens with zero attached hydrogens (tertiary/aromatic N) is 2. The number of phenols is 2. The largest absolute Gasteiger partial charge is 0.508 e. The van der Waals surface area contributed by atoms with Crippen LogP contribution >= 0.6 is 0 Å². The van der Waals surface area contributed by atoms with E-state index in [1.54, 1.807) is 101 Å². The Morgan fingerprint density at radius 3 is 1.39 bits per heavy atom. The van der Waals surface area contributed by atoms with E-state index in [2.05, 4.69) is 59.5 Å². The Kier molecular flexibility index (Phi) is 29.8. The van der Waals surface area contributed by atoms with Gasteiger partial charge >= 0.3 is 36.3 Å². The second-order valence-electron chi connectivity index (χ2n) is 25.6. The molecule has 0 unspecified atom stereocenters. The highest BCUT2D eigenvalue weighted by Crippen LogP contribution is 2.57. The number of alkyl carbamates (subject to hydrolysis) is 3. The molecule has 10 N–H and O–H groups in total. The number of likely N-dealkylation sites (N-methyl/N-ethyl adjacent to an activating group) is 3. The second-order valence-corrected chi connectivity index (χ2v) is 25.6. The number of benzene rings is 5.